The van der Waals surface area contributed by atoms with E-state index in [-0.39, 0.29) is 11.6 Å². The molecular weight excluding hydrogens is 674 g/mol. The van der Waals surface area contributed by atoms with Crippen molar-refractivity contribution >= 4 is 47.0 Å². The number of aromatic nitrogens is 6. The molecule has 2 aromatic carbocycles. The molecule has 2 aromatic heterocycles. The van der Waals surface area contributed by atoms with Gasteiger partial charge in [-0.3, -0.25) is 14.9 Å². The van der Waals surface area contributed by atoms with E-state index in [9.17, 15) is 19.6 Å². The van der Waals surface area contributed by atoms with Crippen molar-refractivity contribution in [3.63, 3.8) is 0 Å². The summed E-state index contributed by atoms with van der Waals surface area (Å²) < 4.78 is 6.23. The van der Waals surface area contributed by atoms with Gasteiger partial charge in [-0.25, -0.2) is 9.78 Å². The number of rotatable bonds is 7. The maximum atomic E-state index is 13.4. The minimum absolute atomic E-state index is 0.0987. The number of hydrogen-bond donors (Lipinski definition) is 5. The average Bonchev–Trinajstić information content (AvgIpc) is 3.78. The molecule has 2 bridgehead atoms. The van der Waals surface area contributed by atoms with Gasteiger partial charge in [0.05, 0.1) is 30.6 Å². The Bertz CT molecular complexity index is 2010. The fourth-order valence-corrected chi connectivity index (χ4v) is 5.74. The van der Waals surface area contributed by atoms with Crippen LogP contribution in [0.25, 0.3) is 23.0 Å². The van der Waals surface area contributed by atoms with Crippen molar-refractivity contribution in [3.8, 4) is 23.0 Å². The van der Waals surface area contributed by atoms with Gasteiger partial charge >= 0.3 is 6.09 Å². The number of hydrogen-bond acceptors (Lipinski definition) is 10. The van der Waals surface area contributed by atoms with Crippen LogP contribution in [0.4, 0.5) is 16.2 Å². The normalized spacial score (nSPS) is 16.0. The number of nitrogens with one attached hydrogen (secondary N) is 5. The molecule has 3 heterocycles. The number of halogens is 1. The summed E-state index contributed by atoms with van der Waals surface area (Å²) in [4.78, 5) is 46.6. The van der Waals surface area contributed by atoms with Crippen LogP contribution in [-0.4, -0.2) is 66.8 Å². The molecule has 3 amide bonds. The molecule has 2 atom stereocenters. The van der Waals surface area contributed by atoms with E-state index in [1.807, 2.05) is 20.8 Å². The first-order valence-corrected chi connectivity index (χ1v) is 16.5. The largest absolute Gasteiger partial charge is 0.453 e. The highest BCUT2D eigenvalue weighted by atomic mass is 35.5. The van der Waals surface area contributed by atoms with Crippen LogP contribution in [-0.2, 0) is 14.3 Å². The number of anilines is 2. The molecule has 5 rings (SSSR count). The van der Waals surface area contributed by atoms with Crippen molar-refractivity contribution in [2.24, 2.45) is 0 Å². The molecule has 0 saturated carbocycles. The summed E-state index contributed by atoms with van der Waals surface area (Å²) in [6.45, 7) is 9.80. The van der Waals surface area contributed by atoms with Crippen LogP contribution >= 0.6 is 11.6 Å². The average molecular weight is 712 g/mol. The smallest absolute Gasteiger partial charge is 0.411 e. The summed E-state index contributed by atoms with van der Waals surface area (Å²) in [5, 5.41) is 34.0. The van der Waals surface area contributed by atoms with Crippen LogP contribution in [0.15, 0.2) is 61.0 Å². The van der Waals surface area contributed by atoms with Crippen LogP contribution in [0.3, 0.4) is 0 Å². The molecule has 4 aromatic rings. The molecule has 15 nitrogen and oxygen atoms in total. The number of ether oxygens (including phenoxy) is 1. The van der Waals surface area contributed by atoms with E-state index in [1.54, 1.807) is 42.5 Å². The number of carbonyl (C=O) groups is 3. The molecule has 16 heteroatoms. The highest BCUT2D eigenvalue weighted by Gasteiger charge is 2.27. The van der Waals surface area contributed by atoms with Gasteiger partial charge < -0.3 is 25.7 Å². The molecule has 0 saturated heterocycles. The predicted octanol–water partition coefficient (Wildman–Crippen LogP) is 5.45. The standard InChI is InChI=1S/C35H38ClN11O4/c1-20(33(49)44-35(2,3)4)25-8-6-7-9-26(41-30(48)15-10-21-16-22(36)11-14-29(21)47-19-38-45-46-47)32-42-28(18-37)31(43-32)24-13-12-23(17-27(24)40-25)39-34(50)51-5/h10-17,19,25-26,40H,1,6-9H2,2-5H3,(H,39,50)(H,41,48)(H,42,43)(H,44,49). The molecule has 1 aliphatic heterocycles. The third kappa shape index (κ3) is 9.17. The third-order valence-corrected chi connectivity index (χ3v) is 8.20. The van der Waals surface area contributed by atoms with Gasteiger partial charge in [0.25, 0.3) is 0 Å². The van der Waals surface area contributed by atoms with Gasteiger partial charge in [0, 0.05) is 44.7 Å². The van der Waals surface area contributed by atoms with Crippen molar-refractivity contribution in [3.05, 3.63) is 83.1 Å². The first-order chi connectivity index (χ1) is 24.3. The first-order valence-electron chi connectivity index (χ1n) is 16.1. The SMILES string of the molecule is C=C(C(=O)NC(C)(C)C)C1CCCCC(NC(=O)C=Cc2cc(Cl)ccc2-n2cnnn2)c2nc(C#N)c([nH]2)-c2ccc(NC(=O)OC)cc2N1. The maximum Gasteiger partial charge on any atom is 0.411 e. The van der Waals surface area contributed by atoms with Crippen LogP contribution in [0.2, 0.25) is 5.02 Å². The van der Waals surface area contributed by atoms with E-state index in [0.29, 0.717) is 76.0 Å². The molecule has 0 spiro atoms. The summed E-state index contributed by atoms with van der Waals surface area (Å²) in [7, 11) is 1.26. The quantitative estimate of drug-likeness (QED) is 0.153. The zero-order chi connectivity index (χ0) is 36.7. The van der Waals surface area contributed by atoms with E-state index in [4.69, 9.17) is 16.3 Å². The lowest BCUT2D eigenvalue weighted by Crippen LogP contribution is -2.44. The van der Waals surface area contributed by atoms with Gasteiger partial charge in [-0.2, -0.15) is 9.94 Å². The molecule has 1 aliphatic rings. The van der Waals surface area contributed by atoms with Gasteiger partial charge in [-0.15, -0.1) is 5.10 Å². The van der Waals surface area contributed by atoms with Crippen molar-refractivity contribution in [1.82, 2.24) is 40.8 Å². The second-order valence-corrected chi connectivity index (χ2v) is 13.3. The van der Waals surface area contributed by atoms with Gasteiger partial charge in [0.1, 0.15) is 18.2 Å². The number of amides is 3. The lowest BCUT2D eigenvalue weighted by Gasteiger charge is -2.27. The second-order valence-electron chi connectivity index (χ2n) is 12.9. The van der Waals surface area contributed by atoms with E-state index in [2.05, 4.69) is 59.4 Å². The summed E-state index contributed by atoms with van der Waals surface area (Å²) in [6, 6.07) is 11.2. The molecular formula is C35H38ClN11O4. The van der Waals surface area contributed by atoms with Crippen molar-refractivity contribution in [2.45, 2.75) is 64.1 Å². The van der Waals surface area contributed by atoms with Crippen LogP contribution in [0.5, 0.6) is 0 Å². The fourth-order valence-electron chi connectivity index (χ4n) is 5.56. The minimum Gasteiger partial charge on any atom is -0.453 e. The maximum absolute atomic E-state index is 13.4. The molecule has 2 unspecified atom stereocenters. The predicted molar refractivity (Wildman–Crippen MR) is 192 cm³/mol. The van der Waals surface area contributed by atoms with Crippen LogP contribution in [0, 0.1) is 11.3 Å². The Morgan fingerprint density at radius 1 is 1.16 bits per heavy atom. The second kappa shape index (κ2) is 15.7. The summed E-state index contributed by atoms with van der Waals surface area (Å²) in [5.74, 6) is -0.315. The van der Waals surface area contributed by atoms with E-state index >= 15 is 0 Å². The van der Waals surface area contributed by atoms with Gasteiger partial charge in [0.2, 0.25) is 11.8 Å². The third-order valence-electron chi connectivity index (χ3n) is 7.96. The number of nitriles is 1. The Labute approximate surface area is 299 Å². The summed E-state index contributed by atoms with van der Waals surface area (Å²) in [5.41, 5.74) is 3.04. The number of carbonyl (C=O) groups excluding carboxylic acids is 3. The van der Waals surface area contributed by atoms with Crippen molar-refractivity contribution in [2.75, 3.05) is 17.7 Å². The van der Waals surface area contributed by atoms with Gasteiger partial charge in [0.15, 0.2) is 5.69 Å². The van der Waals surface area contributed by atoms with Gasteiger partial charge in [-0.1, -0.05) is 31.0 Å². The number of tetrazole rings is 1. The van der Waals surface area contributed by atoms with E-state index < -0.39 is 29.6 Å². The minimum atomic E-state index is -0.662. The Kier molecular flexibility index (Phi) is 11.2. The first kappa shape index (κ1) is 36.3. The molecule has 0 fully saturated rings. The number of fused-ring (bicyclic) bond motifs is 4. The topological polar surface area (TPSA) is 205 Å². The van der Waals surface area contributed by atoms with Crippen molar-refractivity contribution in [1.29, 1.82) is 5.26 Å². The molecule has 51 heavy (non-hydrogen) atoms. The monoisotopic (exact) mass is 711 g/mol. The fraction of sp³-hybridized carbons (Fsp3) is 0.314. The van der Waals surface area contributed by atoms with Crippen LogP contribution < -0.4 is 21.3 Å². The Morgan fingerprint density at radius 3 is 2.65 bits per heavy atom. The lowest BCUT2D eigenvalue weighted by molar-refractivity contribution is -0.119. The highest BCUT2D eigenvalue weighted by molar-refractivity contribution is 6.30. The number of H-pyrrole nitrogens is 1. The number of methoxy groups -OCH3 is 1. The highest BCUT2D eigenvalue weighted by Crippen LogP contribution is 2.35. The Balaban J connectivity index is 1.49. The Morgan fingerprint density at radius 2 is 1.94 bits per heavy atom. The number of imidazole rings is 1. The zero-order valence-electron chi connectivity index (χ0n) is 28.6. The molecule has 0 radical (unpaired) electrons. The Hall–Kier alpha value is -6.01. The summed E-state index contributed by atoms with van der Waals surface area (Å²) >= 11 is 6.25. The number of aromatic amines is 1. The van der Waals surface area contributed by atoms with Gasteiger partial charge in [-0.05, 0) is 86.5 Å². The molecule has 5 N–H and O–H groups in total. The zero-order valence-corrected chi connectivity index (χ0v) is 29.3. The van der Waals surface area contributed by atoms with Crippen molar-refractivity contribution < 1.29 is 19.1 Å². The molecule has 264 valence electrons. The summed E-state index contributed by atoms with van der Waals surface area (Å²) in [6.07, 6.45) is 6.05. The number of benzene rings is 2. The lowest BCUT2D eigenvalue weighted by atomic mass is 9.96. The molecule has 0 aliphatic carbocycles. The number of nitrogens with zero attached hydrogens (tertiary/aromatic N) is 6. The van der Waals surface area contributed by atoms with Crippen LogP contribution in [0.1, 0.15) is 69.6 Å². The van der Waals surface area contributed by atoms with E-state index in [1.165, 1.54) is 24.2 Å². The van der Waals surface area contributed by atoms with E-state index in [0.717, 1.165) is 0 Å².